The van der Waals surface area contributed by atoms with Crippen LogP contribution in [0.25, 0.3) is 10.9 Å². The van der Waals surface area contributed by atoms with Crippen molar-refractivity contribution in [1.29, 1.82) is 0 Å². The summed E-state index contributed by atoms with van der Waals surface area (Å²) in [5.74, 6) is -0.186. The Kier molecular flexibility index (Phi) is 3.53. The molecule has 2 aromatic heterocycles. The summed E-state index contributed by atoms with van der Waals surface area (Å²) in [7, 11) is 0. The summed E-state index contributed by atoms with van der Waals surface area (Å²) in [6, 6.07) is 9.27. The number of H-pyrrole nitrogens is 1. The Labute approximate surface area is 126 Å². The molecule has 0 saturated heterocycles. The van der Waals surface area contributed by atoms with Crippen LogP contribution in [0, 0.1) is 0 Å². The standard InChI is InChI=1S/C16H16N2O2S/c1-16(20,13-5-7-21-9-13)10-18-15(19)12-2-3-14-11(8-12)4-6-17-14/h2-9,17,20H,10H2,1H3,(H,18,19). The van der Waals surface area contributed by atoms with Gasteiger partial charge in [0.15, 0.2) is 0 Å². The van der Waals surface area contributed by atoms with Crippen molar-refractivity contribution >= 4 is 28.1 Å². The Balaban J connectivity index is 1.71. The second-order valence-electron chi connectivity index (χ2n) is 5.25. The number of thiophene rings is 1. The minimum Gasteiger partial charge on any atom is -0.384 e. The minimum atomic E-state index is -1.06. The van der Waals surface area contributed by atoms with Crippen LogP contribution in [-0.4, -0.2) is 22.5 Å². The molecule has 4 nitrogen and oxygen atoms in total. The number of fused-ring (bicyclic) bond motifs is 1. The lowest BCUT2D eigenvalue weighted by Gasteiger charge is -2.22. The fourth-order valence-corrected chi connectivity index (χ4v) is 3.00. The van der Waals surface area contributed by atoms with E-state index in [9.17, 15) is 9.90 Å². The zero-order valence-corrected chi connectivity index (χ0v) is 12.4. The molecule has 2 heterocycles. The van der Waals surface area contributed by atoms with Gasteiger partial charge in [-0.25, -0.2) is 0 Å². The molecule has 0 radical (unpaired) electrons. The van der Waals surface area contributed by atoms with Crippen LogP contribution in [0.2, 0.25) is 0 Å². The first-order chi connectivity index (χ1) is 10.1. The Hall–Kier alpha value is -2.11. The molecule has 3 aromatic rings. The number of amides is 1. The Morgan fingerprint density at radius 2 is 2.24 bits per heavy atom. The second kappa shape index (κ2) is 5.35. The average molecular weight is 300 g/mol. The van der Waals surface area contributed by atoms with E-state index in [0.29, 0.717) is 5.56 Å². The van der Waals surface area contributed by atoms with Gasteiger partial charge in [0.25, 0.3) is 5.91 Å². The van der Waals surface area contributed by atoms with Crippen LogP contribution in [0.1, 0.15) is 22.8 Å². The van der Waals surface area contributed by atoms with E-state index in [0.717, 1.165) is 16.5 Å². The van der Waals surface area contributed by atoms with Gasteiger partial charge in [-0.3, -0.25) is 4.79 Å². The Morgan fingerprint density at radius 3 is 3.00 bits per heavy atom. The number of rotatable bonds is 4. The molecule has 1 unspecified atom stereocenters. The van der Waals surface area contributed by atoms with Crippen LogP contribution in [0.15, 0.2) is 47.3 Å². The van der Waals surface area contributed by atoms with E-state index in [2.05, 4.69) is 10.3 Å². The SMILES string of the molecule is CC(O)(CNC(=O)c1ccc2[nH]ccc2c1)c1ccsc1. The van der Waals surface area contributed by atoms with E-state index in [1.165, 1.54) is 11.3 Å². The van der Waals surface area contributed by atoms with Crippen LogP contribution in [0.3, 0.4) is 0 Å². The fraction of sp³-hybridized carbons (Fsp3) is 0.188. The van der Waals surface area contributed by atoms with Gasteiger partial charge >= 0.3 is 0 Å². The quantitative estimate of drug-likeness (QED) is 0.693. The van der Waals surface area contributed by atoms with Crippen molar-refractivity contribution < 1.29 is 9.90 Å². The van der Waals surface area contributed by atoms with Crippen molar-refractivity contribution in [2.24, 2.45) is 0 Å². The zero-order valence-electron chi connectivity index (χ0n) is 11.6. The van der Waals surface area contributed by atoms with Crippen LogP contribution < -0.4 is 5.32 Å². The van der Waals surface area contributed by atoms with Gasteiger partial charge in [-0.1, -0.05) is 0 Å². The van der Waals surface area contributed by atoms with E-state index in [1.54, 1.807) is 13.0 Å². The third-order valence-electron chi connectivity index (χ3n) is 3.55. The highest BCUT2D eigenvalue weighted by molar-refractivity contribution is 7.08. The number of benzene rings is 1. The molecule has 1 atom stereocenters. The van der Waals surface area contributed by atoms with Gasteiger partial charge in [0.1, 0.15) is 5.60 Å². The summed E-state index contributed by atoms with van der Waals surface area (Å²) in [5.41, 5.74) is 1.34. The summed E-state index contributed by atoms with van der Waals surface area (Å²) in [6.07, 6.45) is 1.84. The summed E-state index contributed by atoms with van der Waals surface area (Å²) < 4.78 is 0. The molecular weight excluding hydrogens is 284 g/mol. The lowest BCUT2D eigenvalue weighted by Crippen LogP contribution is -2.38. The minimum absolute atomic E-state index is 0.174. The van der Waals surface area contributed by atoms with Crippen molar-refractivity contribution in [1.82, 2.24) is 10.3 Å². The van der Waals surface area contributed by atoms with Crippen molar-refractivity contribution in [2.75, 3.05) is 6.54 Å². The molecule has 1 aromatic carbocycles. The van der Waals surface area contributed by atoms with Crippen LogP contribution >= 0.6 is 11.3 Å². The summed E-state index contributed by atoms with van der Waals surface area (Å²) in [4.78, 5) is 15.3. The molecule has 0 saturated carbocycles. The van der Waals surface area contributed by atoms with Gasteiger partial charge in [0.2, 0.25) is 0 Å². The van der Waals surface area contributed by atoms with Crippen LogP contribution in [0.4, 0.5) is 0 Å². The Morgan fingerprint density at radius 1 is 1.38 bits per heavy atom. The largest absolute Gasteiger partial charge is 0.384 e. The molecule has 5 heteroatoms. The number of hydrogen-bond acceptors (Lipinski definition) is 3. The van der Waals surface area contributed by atoms with Gasteiger partial charge < -0.3 is 15.4 Å². The third-order valence-corrected chi connectivity index (χ3v) is 4.23. The Bertz CT molecular complexity index is 760. The highest BCUT2D eigenvalue weighted by Crippen LogP contribution is 2.22. The van der Waals surface area contributed by atoms with Crippen molar-refractivity contribution in [3.63, 3.8) is 0 Å². The molecule has 108 valence electrons. The van der Waals surface area contributed by atoms with Gasteiger partial charge in [0.05, 0.1) is 6.54 Å². The first kappa shape index (κ1) is 13.9. The number of hydrogen-bond donors (Lipinski definition) is 3. The topological polar surface area (TPSA) is 65.1 Å². The molecule has 0 fully saturated rings. The normalized spacial score (nSPS) is 14.0. The summed E-state index contributed by atoms with van der Waals surface area (Å²) in [5, 5.41) is 18.0. The lowest BCUT2D eigenvalue weighted by molar-refractivity contribution is 0.0530. The molecule has 0 aliphatic carbocycles. The number of aromatic nitrogens is 1. The zero-order chi connectivity index (χ0) is 14.9. The highest BCUT2D eigenvalue weighted by atomic mass is 32.1. The van der Waals surface area contributed by atoms with Gasteiger partial charge in [-0.05, 0) is 53.6 Å². The number of aromatic amines is 1. The van der Waals surface area contributed by atoms with Gasteiger partial charge in [-0.2, -0.15) is 11.3 Å². The number of carbonyl (C=O) groups is 1. The lowest BCUT2D eigenvalue weighted by atomic mass is 9.99. The number of nitrogens with one attached hydrogen (secondary N) is 2. The molecule has 3 rings (SSSR count). The van der Waals surface area contributed by atoms with Crippen molar-refractivity contribution in [3.05, 3.63) is 58.4 Å². The van der Waals surface area contributed by atoms with Crippen molar-refractivity contribution in [3.8, 4) is 0 Å². The maximum Gasteiger partial charge on any atom is 0.251 e. The molecule has 3 N–H and O–H groups in total. The van der Waals surface area contributed by atoms with E-state index >= 15 is 0 Å². The highest BCUT2D eigenvalue weighted by Gasteiger charge is 2.24. The van der Waals surface area contributed by atoms with E-state index < -0.39 is 5.60 Å². The van der Waals surface area contributed by atoms with Gasteiger partial charge in [0, 0.05) is 22.7 Å². The van der Waals surface area contributed by atoms with E-state index in [1.807, 2.05) is 41.2 Å². The second-order valence-corrected chi connectivity index (χ2v) is 6.03. The number of aliphatic hydroxyl groups is 1. The molecule has 0 spiro atoms. The predicted molar refractivity (Wildman–Crippen MR) is 84.5 cm³/mol. The molecule has 0 aliphatic rings. The summed E-state index contributed by atoms with van der Waals surface area (Å²) in [6.45, 7) is 1.87. The maximum absolute atomic E-state index is 12.2. The van der Waals surface area contributed by atoms with E-state index in [4.69, 9.17) is 0 Å². The first-order valence-electron chi connectivity index (χ1n) is 6.67. The summed E-state index contributed by atoms with van der Waals surface area (Å²) >= 11 is 1.52. The monoisotopic (exact) mass is 300 g/mol. The number of carbonyl (C=O) groups excluding carboxylic acids is 1. The van der Waals surface area contributed by atoms with Crippen LogP contribution in [-0.2, 0) is 5.60 Å². The molecule has 1 amide bonds. The smallest absolute Gasteiger partial charge is 0.251 e. The van der Waals surface area contributed by atoms with Gasteiger partial charge in [-0.15, -0.1) is 0 Å². The molecular formula is C16H16N2O2S. The maximum atomic E-state index is 12.2. The molecule has 0 aliphatic heterocycles. The van der Waals surface area contributed by atoms with Crippen LogP contribution in [0.5, 0.6) is 0 Å². The molecule has 0 bridgehead atoms. The van der Waals surface area contributed by atoms with E-state index in [-0.39, 0.29) is 12.5 Å². The third kappa shape index (κ3) is 2.84. The van der Waals surface area contributed by atoms with Crippen molar-refractivity contribution in [2.45, 2.75) is 12.5 Å². The average Bonchev–Trinajstić information content (AvgIpc) is 3.14. The predicted octanol–water partition coefficient (Wildman–Crippen LogP) is 2.87. The molecule has 21 heavy (non-hydrogen) atoms. The first-order valence-corrected chi connectivity index (χ1v) is 7.61. The fourth-order valence-electron chi connectivity index (χ4n) is 2.22.